The molecule has 6 nitrogen and oxygen atoms in total. The van der Waals surface area contributed by atoms with E-state index >= 15 is 0 Å². The zero-order valence-electron chi connectivity index (χ0n) is 11.2. The van der Waals surface area contributed by atoms with E-state index in [9.17, 15) is 9.59 Å². The van der Waals surface area contributed by atoms with Crippen LogP contribution in [0.4, 0.5) is 0 Å². The monoisotopic (exact) mass is 283 g/mol. The van der Waals surface area contributed by atoms with Crippen molar-refractivity contribution in [3.63, 3.8) is 0 Å². The van der Waals surface area contributed by atoms with Gasteiger partial charge in [0.05, 0.1) is 13.0 Å². The molecular weight excluding hydrogens is 266 g/mol. The number of rotatable bonds is 3. The van der Waals surface area contributed by atoms with Gasteiger partial charge in [-0.1, -0.05) is 18.7 Å². The first-order chi connectivity index (χ1) is 9.08. The second kappa shape index (κ2) is 5.75. The topological polar surface area (TPSA) is 73.2 Å². The molecule has 1 N–H and O–H groups in total. The van der Waals surface area contributed by atoms with Crippen molar-refractivity contribution >= 4 is 17.7 Å². The van der Waals surface area contributed by atoms with E-state index < -0.39 is 0 Å². The number of hydrogen-bond acceptors (Lipinski definition) is 5. The quantitative estimate of drug-likeness (QED) is 0.646. The van der Waals surface area contributed by atoms with E-state index in [-0.39, 0.29) is 17.4 Å². The summed E-state index contributed by atoms with van der Waals surface area (Å²) in [7, 11) is 1.40. The van der Waals surface area contributed by atoms with E-state index in [4.69, 9.17) is 0 Å². The molecule has 1 amide bonds. The van der Waals surface area contributed by atoms with Gasteiger partial charge in [-0.2, -0.15) is 0 Å². The fraction of sp³-hybridized carbons (Fsp3) is 0.583. The fourth-order valence-corrected chi connectivity index (χ4v) is 3.27. The first kappa shape index (κ1) is 14.1. The predicted molar refractivity (Wildman–Crippen MR) is 72.0 cm³/mol. The summed E-state index contributed by atoms with van der Waals surface area (Å²) in [6.45, 7) is 4.14. The summed E-state index contributed by atoms with van der Waals surface area (Å²) < 4.78 is 1.60. The van der Waals surface area contributed by atoms with Crippen LogP contribution < -0.4 is 11.0 Å². The van der Waals surface area contributed by atoms with Crippen LogP contribution >= 0.6 is 11.8 Å². The molecule has 1 aliphatic rings. The highest BCUT2D eigenvalue weighted by atomic mass is 32.2. The van der Waals surface area contributed by atoms with Crippen molar-refractivity contribution in [2.45, 2.75) is 32.0 Å². The number of amides is 1. The van der Waals surface area contributed by atoms with Gasteiger partial charge in [0.2, 0.25) is 5.91 Å². The van der Waals surface area contributed by atoms with Gasteiger partial charge in [-0.05, 0) is 13.3 Å². The Morgan fingerprint density at radius 2 is 2.37 bits per heavy atom. The van der Waals surface area contributed by atoms with Crippen molar-refractivity contribution in [2.24, 2.45) is 5.92 Å². The van der Waals surface area contributed by atoms with Gasteiger partial charge >= 0.3 is 0 Å². The summed E-state index contributed by atoms with van der Waals surface area (Å²) in [6.07, 6.45) is 0.650. The maximum Gasteiger partial charge on any atom is 0.257 e. The number of thioether (sulfide) groups is 1. The number of aryl methyl sites for hydroxylation is 1. The van der Waals surface area contributed by atoms with Crippen molar-refractivity contribution in [2.75, 3.05) is 12.9 Å². The standard InChI is InChI=1S/C12H17N3O3S/c1-4-9-7(2)13-12-15(11(9)17)5-8(6-19-12)10(16)14-18-3/h8H,4-6H2,1-3H3,(H,14,16). The van der Waals surface area contributed by atoms with Gasteiger partial charge in [-0.15, -0.1) is 0 Å². The zero-order valence-corrected chi connectivity index (χ0v) is 12.0. The number of nitrogens with one attached hydrogen (secondary N) is 1. The average molecular weight is 283 g/mol. The molecule has 2 heterocycles. The maximum absolute atomic E-state index is 12.3. The molecule has 1 aromatic heterocycles. The van der Waals surface area contributed by atoms with Crippen molar-refractivity contribution in [1.82, 2.24) is 15.0 Å². The molecule has 0 bridgehead atoms. The first-order valence-electron chi connectivity index (χ1n) is 6.14. The lowest BCUT2D eigenvalue weighted by Crippen LogP contribution is -2.40. The molecule has 104 valence electrons. The van der Waals surface area contributed by atoms with Crippen LogP contribution in [0.1, 0.15) is 18.2 Å². The number of fused-ring (bicyclic) bond motifs is 1. The maximum atomic E-state index is 12.3. The van der Waals surface area contributed by atoms with E-state index in [0.717, 1.165) is 11.3 Å². The minimum Gasteiger partial charge on any atom is -0.287 e. The molecule has 19 heavy (non-hydrogen) atoms. The fourth-order valence-electron chi connectivity index (χ4n) is 2.14. The summed E-state index contributed by atoms with van der Waals surface area (Å²) in [5.41, 5.74) is 3.79. The van der Waals surface area contributed by atoms with Crippen molar-refractivity contribution in [1.29, 1.82) is 0 Å². The second-order valence-corrected chi connectivity index (χ2v) is 5.39. The Labute approximate surface area is 115 Å². The normalized spacial score (nSPS) is 17.9. The number of hydroxylamine groups is 1. The molecule has 0 radical (unpaired) electrons. The van der Waals surface area contributed by atoms with E-state index in [1.165, 1.54) is 18.9 Å². The van der Waals surface area contributed by atoms with Crippen LogP contribution in [0, 0.1) is 12.8 Å². The van der Waals surface area contributed by atoms with E-state index in [1.807, 2.05) is 13.8 Å². The number of nitrogens with zero attached hydrogens (tertiary/aromatic N) is 2. The summed E-state index contributed by atoms with van der Waals surface area (Å²) in [6, 6.07) is 0. The smallest absolute Gasteiger partial charge is 0.257 e. The Balaban J connectivity index is 2.34. The molecule has 0 aliphatic carbocycles. The zero-order chi connectivity index (χ0) is 14.0. The summed E-state index contributed by atoms with van der Waals surface area (Å²) in [5, 5.41) is 0.696. The van der Waals surface area contributed by atoms with E-state index in [1.54, 1.807) is 4.57 Å². The van der Waals surface area contributed by atoms with E-state index in [0.29, 0.717) is 23.9 Å². The third-order valence-electron chi connectivity index (χ3n) is 3.18. The number of carbonyl (C=O) groups is 1. The van der Waals surface area contributed by atoms with Crippen LogP contribution in [0.3, 0.4) is 0 Å². The number of aromatic nitrogens is 2. The lowest BCUT2D eigenvalue weighted by molar-refractivity contribution is -0.135. The van der Waals surface area contributed by atoms with E-state index in [2.05, 4.69) is 15.3 Å². The Kier molecular flexibility index (Phi) is 4.26. The van der Waals surface area contributed by atoms with Gasteiger partial charge in [0, 0.05) is 23.6 Å². The largest absolute Gasteiger partial charge is 0.287 e. The Bertz CT molecular complexity index is 556. The van der Waals surface area contributed by atoms with Gasteiger partial charge < -0.3 is 0 Å². The molecule has 0 saturated carbocycles. The summed E-state index contributed by atoms with van der Waals surface area (Å²) in [5.74, 6) is 0.127. The molecule has 1 aliphatic heterocycles. The van der Waals surface area contributed by atoms with Crippen molar-refractivity contribution < 1.29 is 9.63 Å². The van der Waals surface area contributed by atoms with Crippen molar-refractivity contribution in [3.8, 4) is 0 Å². The third kappa shape index (κ3) is 2.66. The molecule has 0 saturated heterocycles. The van der Waals surface area contributed by atoms with Crippen LogP contribution in [0.5, 0.6) is 0 Å². The van der Waals surface area contributed by atoms with Crippen LogP contribution in [0.15, 0.2) is 9.95 Å². The minimum absolute atomic E-state index is 0.0348. The second-order valence-electron chi connectivity index (χ2n) is 4.41. The SMILES string of the molecule is CCc1c(C)nc2n(c1=O)CC(C(=O)NOC)CS2. The molecule has 0 spiro atoms. The number of carbonyl (C=O) groups excluding carboxylic acids is 1. The van der Waals surface area contributed by atoms with Gasteiger partial charge in [0.25, 0.3) is 5.56 Å². The Morgan fingerprint density at radius 3 is 3.00 bits per heavy atom. The van der Waals surface area contributed by atoms with Gasteiger partial charge in [-0.3, -0.25) is 19.0 Å². The van der Waals surface area contributed by atoms with Crippen LogP contribution in [-0.2, 0) is 22.6 Å². The lowest BCUT2D eigenvalue weighted by atomic mass is 10.1. The molecule has 0 fully saturated rings. The molecule has 0 aromatic carbocycles. The summed E-state index contributed by atoms with van der Waals surface area (Å²) >= 11 is 1.43. The molecule has 1 aromatic rings. The Morgan fingerprint density at radius 1 is 1.63 bits per heavy atom. The minimum atomic E-state index is -0.274. The van der Waals surface area contributed by atoms with Crippen LogP contribution in [-0.4, -0.2) is 28.3 Å². The number of hydrogen-bond donors (Lipinski definition) is 1. The van der Waals surface area contributed by atoms with Crippen LogP contribution in [0.2, 0.25) is 0 Å². The predicted octanol–water partition coefficient (Wildman–Crippen LogP) is 0.514. The highest BCUT2D eigenvalue weighted by Crippen LogP contribution is 2.25. The van der Waals surface area contributed by atoms with Crippen LogP contribution in [0.25, 0.3) is 0 Å². The lowest BCUT2D eigenvalue weighted by Gasteiger charge is -2.24. The molecule has 7 heteroatoms. The molecule has 1 atom stereocenters. The first-order valence-corrected chi connectivity index (χ1v) is 7.13. The van der Waals surface area contributed by atoms with Crippen molar-refractivity contribution in [3.05, 3.63) is 21.6 Å². The summed E-state index contributed by atoms with van der Waals surface area (Å²) in [4.78, 5) is 33.2. The molecular formula is C12H17N3O3S. The highest BCUT2D eigenvalue weighted by molar-refractivity contribution is 7.99. The van der Waals surface area contributed by atoms with Gasteiger partial charge in [0.15, 0.2) is 5.16 Å². The Hall–Kier alpha value is -1.34. The third-order valence-corrected chi connectivity index (χ3v) is 4.32. The highest BCUT2D eigenvalue weighted by Gasteiger charge is 2.27. The molecule has 2 rings (SSSR count). The average Bonchev–Trinajstić information content (AvgIpc) is 2.39. The van der Waals surface area contributed by atoms with Gasteiger partial charge in [0.1, 0.15) is 0 Å². The van der Waals surface area contributed by atoms with Gasteiger partial charge in [-0.25, -0.2) is 10.5 Å². The molecule has 1 unspecified atom stereocenters.